The van der Waals surface area contributed by atoms with Crippen molar-refractivity contribution in [2.24, 2.45) is 0 Å². The molecule has 19 heavy (non-hydrogen) atoms. The van der Waals surface area contributed by atoms with Crippen molar-refractivity contribution in [2.45, 2.75) is 38.0 Å². The first kappa shape index (κ1) is 16.1. The van der Waals surface area contributed by atoms with Crippen LogP contribution in [-0.4, -0.2) is 28.7 Å². The Morgan fingerprint density at radius 2 is 2.00 bits per heavy atom. The number of methoxy groups -OCH3 is 1. The largest absolute Gasteiger partial charge is 0.385 e. The van der Waals surface area contributed by atoms with Crippen LogP contribution >= 0.6 is 0 Å². The summed E-state index contributed by atoms with van der Waals surface area (Å²) in [5, 5.41) is 0. The second kappa shape index (κ2) is 7.03. The van der Waals surface area contributed by atoms with Gasteiger partial charge in [-0.05, 0) is 36.5 Å². The van der Waals surface area contributed by atoms with E-state index in [-0.39, 0.29) is 0 Å². The first-order valence-corrected chi connectivity index (χ1v) is 7.96. The topological polar surface area (TPSA) is 55.4 Å². The van der Waals surface area contributed by atoms with E-state index in [1.54, 1.807) is 13.2 Å². The summed E-state index contributed by atoms with van der Waals surface area (Å²) in [7, 11) is -1.83. The van der Waals surface area contributed by atoms with Crippen LogP contribution in [0.1, 0.15) is 37.3 Å². The van der Waals surface area contributed by atoms with E-state index < -0.39 is 10.0 Å². The van der Waals surface area contributed by atoms with Gasteiger partial charge in [0.1, 0.15) is 0 Å². The summed E-state index contributed by atoms with van der Waals surface area (Å²) >= 11 is 0. The van der Waals surface area contributed by atoms with E-state index in [1.165, 1.54) is 0 Å². The summed E-state index contributed by atoms with van der Waals surface area (Å²) in [6.07, 6.45) is 0.665. The zero-order valence-corrected chi connectivity index (χ0v) is 12.9. The fourth-order valence-corrected chi connectivity index (χ4v) is 3.12. The summed E-state index contributed by atoms with van der Waals surface area (Å²) in [4.78, 5) is 0.371. The predicted molar refractivity (Wildman–Crippen MR) is 76.9 cm³/mol. The minimum atomic E-state index is -3.43. The Hall–Kier alpha value is -0.910. The van der Waals surface area contributed by atoms with E-state index in [0.717, 1.165) is 11.1 Å². The molecule has 0 aliphatic heterocycles. The monoisotopic (exact) mass is 285 g/mol. The van der Waals surface area contributed by atoms with Crippen LogP contribution < -0.4 is 4.72 Å². The van der Waals surface area contributed by atoms with Gasteiger partial charge in [-0.15, -0.1) is 0 Å². The average Bonchev–Trinajstić information content (AvgIpc) is 2.34. The van der Waals surface area contributed by atoms with E-state index in [2.05, 4.69) is 4.72 Å². The third kappa shape index (κ3) is 4.60. The van der Waals surface area contributed by atoms with E-state index in [0.29, 0.717) is 30.4 Å². The molecule has 0 radical (unpaired) electrons. The average molecular weight is 285 g/mol. The first-order valence-electron chi connectivity index (χ1n) is 6.47. The van der Waals surface area contributed by atoms with Gasteiger partial charge in [0, 0.05) is 20.3 Å². The van der Waals surface area contributed by atoms with Gasteiger partial charge in [0.15, 0.2) is 0 Å². The third-order valence-electron chi connectivity index (χ3n) is 2.99. The highest BCUT2D eigenvalue weighted by Crippen LogP contribution is 2.21. The Bertz CT molecular complexity index is 509. The van der Waals surface area contributed by atoms with Crippen LogP contribution in [0.5, 0.6) is 0 Å². The molecule has 0 saturated carbocycles. The van der Waals surface area contributed by atoms with Gasteiger partial charge in [0.05, 0.1) is 4.90 Å². The highest BCUT2D eigenvalue weighted by Gasteiger charge is 2.17. The van der Waals surface area contributed by atoms with Crippen molar-refractivity contribution in [3.05, 3.63) is 29.3 Å². The number of benzene rings is 1. The molecule has 0 heterocycles. The predicted octanol–water partition coefficient (Wildman–Crippen LogP) is 2.43. The third-order valence-corrected chi connectivity index (χ3v) is 4.59. The molecule has 1 N–H and O–H groups in total. The summed E-state index contributed by atoms with van der Waals surface area (Å²) in [5.41, 5.74) is 1.80. The molecular weight excluding hydrogens is 262 g/mol. The van der Waals surface area contributed by atoms with Crippen LogP contribution in [0.4, 0.5) is 0 Å². The van der Waals surface area contributed by atoms with Crippen molar-refractivity contribution in [2.75, 3.05) is 20.3 Å². The van der Waals surface area contributed by atoms with Gasteiger partial charge in [0.25, 0.3) is 0 Å². The lowest BCUT2D eigenvalue weighted by atomic mass is 10.0. The first-order chi connectivity index (χ1) is 8.88. The van der Waals surface area contributed by atoms with Crippen molar-refractivity contribution < 1.29 is 13.2 Å². The van der Waals surface area contributed by atoms with Gasteiger partial charge >= 0.3 is 0 Å². The fourth-order valence-electron chi connectivity index (χ4n) is 1.77. The Kier molecular flexibility index (Phi) is 5.97. The molecule has 1 aromatic rings. The maximum absolute atomic E-state index is 12.2. The number of ether oxygens (including phenoxy) is 1. The standard InChI is InChI=1S/C14H23NO3S/c1-11(2)13-7-6-12(3)14(10-13)19(16,17)15-8-5-9-18-4/h6-7,10-11,15H,5,8-9H2,1-4H3. The molecule has 1 aromatic carbocycles. The van der Waals surface area contributed by atoms with Crippen LogP contribution in [0.2, 0.25) is 0 Å². The molecule has 1 rings (SSSR count). The van der Waals surface area contributed by atoms with Gasteiger partial charge in [0.2, 0.25) is 10.0 Å². The maximum Gasteiger partial charge on any atom is 0.240 e. The van der Waals surface area contributed by atoms with Gasteiger partial charge in [-0.25, -0.2) is 13.1 Å². The molecule has 0 aliphatic carbocycles. The van der Waals surface area contributed by atoms with Crippen LogP contribution in [0.3, 0.4) is 0 Å². The molecule has 0 bridgehead atoms. The van der Waals surface area contributed by atoms with Gasteiger partial charge < -0.3 is 4.74 Å². The quantitative estimate of drug-likeness (QED) is 0.783. The van der Waals surface area contributed by atoms with E-state index >= 15 is 0 Å². The van der Waals surface area contributed by atoms with Gasteiger partial charge in [-0.2, -0.15) is 0 Å². The lowest BCUT2D eigenvalue weighted by Crippen LogP contribution is -2.26. The number of aryl methyl sites for hydroxylation is 1. The molecule has 0 amide bonds. The Labute approximate surface area is 116 Å². The van der Waals surface area contributed by atoms with Crippen molar-refractivity contribution in [3.8, 4) is 0 Å². The zero-order chi connectivity index (χ0) is 14.5. The van der Waals surface area contributed by atoms with Crippen LogP contribution in [0.25, 0.3) is 0 Å². The van der Waals surface area contributed by atoms with Crippen molar-refractivity contribution in [3.63, 3.8) is 0 Å². The van der Waals surface area contributed by atoms with Crippen molar-refractivity contribution in [1.82, 2.24) is 4.72 Å². The summed E-state index contributed by atoms with van der Waals surface area (Å²) in [5.74, 6) is 0.308. The molecule has 5 heteroatoms. The molecule has 0 aromatic heterocycles. The minimum Gasteiger partial charge on any atom is -0.385 e. The summed E-state index contributed by atoms with van der Waals surface area (Å²) in [6.45, 7) is 6.85. The fraction of sp³-hybridized carbons (Fsp3) is 0.571. The lowest BCUT2D eigenvalue weighted by Gasteiger charge is -2.12. The number of rotatable bonds is 7. The number of hydrogen-bond acceptors (Lipinski definition) is 3. The van der Waals surface area contributed by atoms with E-state index in [1.807, 2.05) is 32.9 Å². The summed E-state index contributed by atoms with van der Waals surface area (Å²) < 4.78 is 32.0. The highest BCUT2D eigenvalue weighted by molar-refractivity contribution is 7.89. The lowest BCUT2D eigenvalue weighted by molar-refractivity contribution is 0.196. The van der Waals surface area contributed by atoms with Crippen LogP contribution in [0, 0.1) is 6.92 Å². The Morgan fingerprint density at radius 1 is 1.32 bits per heavy atom. The normalized spacial score (nSPS) is 12.1. The minimum absolute atomic E-state index is 0.308. The highest BCUT2D eigenvalue weighted by atomic mass is 32.2. The molecule has 0 fully saturated rings. The molecular formula is C14H23NO3S. The smallest absolute Gasteiger partial charge is 0.240 e. The SMILES string of the molecule is COCCCNS(=O)(=O)c1cc(C(C)C)ccc1C. The molecule has 0 spiro atoms. The van der Waals surface area contributed by atoms with Gasteiger partial charge in [-0.3, -0.25) is 0 Å². The van der Waals surface area contributed by atoms with E-state index in [4.69, 9.17) is 4.74 Å². The maximum atomic E-state index is 12.2. The van der Waals surface area contributed by atoms with Crippen LogP contribution in [0.15, 0.2) is 23.1 Å². The summed E-state index contributed by atoms with van der Waals surface area (Å²) in [6, 6.07) is 5.60. The number of sulfonamides is 1. The second-order valence-electron chi connectivity index (χ2n) is 4.92. The van der Waals surface area contributed by atoms with Gasteiger partial charge in [-0.1, -0.05) is 26.0 Å². The van der Waals surface area contributed by atoms with Crippen LogP contribution in [-0.2, 0) is 14.8 Å². The second-order valence-corrected chi connectivity index (χ2v) is 6.66. The number of nitrogens with one attached hydrogen (secondary N) is 1. The molecule has 0 atom stereocenters. The van der Waals surface area contributed by atoms with Crippen molar-refractivity contribution >= 4 is 10.0 Å². The Morgan fingerprint density at radius 3 is 2.58 bits per heavy atom. The molecule has 0 aliphatic rings. The van der Waals surface area contributed by atoms with E-state index in [9.17, 15) is 8.42 Å². The molecule has 108 valence electrons. The Balaban J connectivity index is 2.90. The molecule has 0 saturated heterocycles. The molecule has 0 unspecified atom stereocenters. The number of hydrogen-bond donors (Lipinski definition) is 1. The van der Waals surface area contributed by atoms with Crippen molar-refractivity contribution in [1.29, 1.82) is 0 Å². The zero-order valence-electron chi connectivity index (χ0n) is 12.1. The molecule has 4 nitrogen and oxygen atoms in total.